The molecule has 3 heterocycles. The van der Waals surface area contributed by atoms with Crippen LogP contribution in [0.2, 0.25) is 5.15 Å². The fraction of sp³-hybridized carbons (Fsp3) is 0.526. The third-order valence-electron chi connectivity index (χ3n) is 4.62. The fourth-order valence-corrected chi connectivity index (χ4v) is 3.85. The number of carbonyl (C=O) groups is 1. The van der Waals surface area contributed by atoms with E-state index in [1.807, 2.05) is 27.0 Å². The predicted molar refractivity (Wildman–Crippen MR) is 115 cm³/mol. The Hall–Kier alpha value is -2.00. The Labute approximate surface area is 178 Å². The number of nitrogens with two attached hydrogens (primary N) is 1. The summed E-state index contributed by atoms with van der Waals surface area (Å²) in [6.07, 6.45) is 4.41. The molecule has 1 amide bonds. The van der Waals surface area contributed by atoms with Gasteiger partial charge in [-0.3, -0.25) is 0 Å². The van der Waals surface area contributed by atoms with Crippen LogP contribution in [0.5, 0.6) is 0 Å². The second kappa shape index (κ2) is 8.39. The summed E-state index contributed by atoms with van der Waals surface area (Å²) in [5.41, 5.74) is 6.95. The van der Waals surface area contributed by atoms with Gasteiger partial charge in [-0.05, 0) is 39.9 Å². The standard InChI is InChI=1S/C19H25ClFN5O2S/c1-19(2,3)28-18(27)26-7-5-10(6-8-26)24-15-11-9-23-16(20)12(21)14(11)25-17(29-4)13(15)22/h9-10H,5-8,22H2,1-4H3,(H,24,25). The number of pyridine rings is 2. The maximum absolute atomic E-state index is 14.5. The third kappa shape index (κ3) is 4.78. The van der Waals surface area contributed by atoms with E-state index >= 15 is 0 Å². The molecule has 0 bridgehead atoms. The number of anilines is 2. The third-order valence-corrected chi connectivity index (χ3v) is 5.58. The average Bonchev–Trinajstić information content (AvgIpc) is 2.66. The monoisotopic (exact) mass is 441 g/mol. The number of likely N-dealkylation sites (tertiary alicyclic amines) is 1. The van der Waals surface area contributed by atoms with E-state index in [4.69, 9.17) is 22.1 Å². The summed E-state index contributed by atoms with van der Waals surface area (Å²) in [4.78, 5) is 22.2. The Bertz CT molecular complexity index is 929. The molecule has 7 nitrogen and oxygen atoms in total. The number of hydrogen-bond donors (Lipinski definition) is 2. The highest BCUT2D eigenvalue weighted by atomic mass is 35.5. The van der Waals surface area contributed by atoms with Crippen molar-refractivity contribution in [3.63, 3.8) is 0 Å². The number of ether oxygens (including phenoxy) is 1. The van der Waals surface area contributed by atoms with Gasteiger partial charge in [0, 0.05) is 30.7 Å². The molecule has 1 fully saturated rings. The molecular formula is C19H25ClFN5O2S. The van der Waals surface area contributed by atoms with Gasteiger partial charge in [0.2, 0.25) is 0 Å². The molecule has 0 aromatic carbocycles. The number of rotatable bonds is 3. The number of halogens is 2. The molecule has 0 saturated carbocycles. The molecule has 1 saturated heterocycles. The van der Waals surface area contributed by atoms with Gasteiger partial charge in [-0.15, -0.1) is 11.8 Å². The lowest BCUT2D eigenvalue weighted by molar-refractivity contribution is 0.0210. The first-order valence-corrected chi connectivity index (χ1v) is 10.9. The number of amides is 1. The quantitative estimate of drug-likeness (QED) is 0.533. The average molecular weight is 442 g/mol. The first-order chi connectivity index (χ1) is 13.6. The van der Waals surface area contributed by atoms with Crippen molar-refractivity contribution in [3.05, 3.63) is 17.2 Å². The van der Waals surface area contributed by atoms with Crippen LogP contribution < -0.4 is 11.1 Å². The van der Waals surface area contributed by atoms with E-state index < -0.39 is 11.4 Å². The van der Waals surface area contributed by atoms with Crippen molar-refractivity contribution in [2.24, 2.45) is 0 Å². The molecule has 0 atom stereocenters. The van der Waals surface area contributed by atoms with Crippen molar-refractivity contribution in [1.29, 1.82) is 0 Å². The van der Waals surface area contributed by atoms with Crippen LogP contribution in [-0.2, 0) is 4.74 Å². The Morgan fingerprint density at radius 1 is 1.41 bits per heavy atom. The van der Waals surface area contributed by atoms with Crippen molar-refractivity contribution in [2.75, 3.05) is 30.4 Å². The summed E-state index contributed by atoms with van der Waals surface area (Å²) in [7, 11) is 0. The first kappa shape index (κ1) is 21.7. The van der Waals surface area contributed by atoms with Crippen molar-refractivity contribution >= 4 is 51.7 Å². The summed E-state index contributed by atoms with van der Waals surface area (Å²) in [6, 6.07) is 0.0648. The minimum absolute atomic E-state index is 0.0648. The zero-order valence-corrected chi connectivity index (χ0v) is 18.5. The normalized spacial score (nSPS) is 15.6. The van der Waals surface area contributed by atoms with Crippen LogP contribution in [-0.4, -0.2) is 51.9 Å². The maximum atomic E-state index is 14.5. The van der Waals surface area contributed by atoms with Crippen molar-refractivity contribution < 1.29 is 13.9 Å². The Morgan fingerprint density at radius 3 is 2.66 bits per heavy atom. The molecule has 2 aromatic heterocycles. The number of piperidine rings is 1. The van der Waals surface area contributed by atoms with E-state index in [1.165, 1.54) is 18.0 Å². The molecule has 29 heavy (non-hydrogen) atoms. The van der Waals surface area contributed by atoms with Gasteiger partial charge in [0.25, 0.3) is 0 Å². The molecule has 2 aromatic rings. The highest BCUT2D eigenvalue weighted by Gasteiger charge is 2.28. The minimum atomic E-state index is -0.665. The van der Waals surface area contributed by atoms with Gasteiger partial charge >= 0.3 is 6.09 Å². The smallest absolute Gasteiger partial charge is 0.410 e. The highest BCUT2D eigenvalue weighted by molar-refractivity contribution is 7.98. The number of nitrogen functional groups attached to an aromatic ring is 1. The summed E-state index contributed by atoms with van der Waals surface area (Å²) < 4.78 is 19.9. The van der Waals surface area contributed by atoms with Crippen molar-refractivity contribution in [2.45, 2.75) is 50.3 Å². The molecule has 1 aliphatic rings. The van der Waals surface area contributed by atoms with Crippen LogP contribution in [0.1, 0.15) is 33.6 Å². The number of thioether (sulfide) groups is 1. The van der Waals surface area contributed by atoms with Crippen LogP contribution in [0.4, 0.5) is 20.6 Å². The molecular weight excluding hydrogens is 417 g/mol. The number of aromatic nitrogens is 2. The molecule has 1 aliphatic heterocycles. The van der Waals surface area contributed by atoms with E-state index in [0.29, 0.717) is 47.7 Å². The van der Waals surface area contributed by atoms with Gasteiger partial charge in [-0.25, -0.2) is 19.2 Å². The van der Waals surface area contributed by atoms with Crippen LogP contribution >= 0.6 is 23.4 Å². The predicted octanol–water partition coefficient (Wildman–Crippen LogP) is 4.54. The van der Waals surface area contributed by atoms with Gasteiger partial charge in [0.15, 0.2) is 11.0 Å². The van der Waals surface area contributed by atoms with Crippen LogP contribution in [0.25, 0.3) is 10.9 Å². The summed E-state index contributed by atoms with van der Waals surface area (Å²) in [5, 5.41) is 4.19. The summed E-state index contributed by atoms with van der Waals surface area (Å²) in [6.45, 7) is 6.66. The number of fused-ring (bicyclic) bond motifs is 1. The second-order valence-electron chi connectivity index (χ2n) is 7.92. The molecule has 0 unspecified atom stereocenters. The Kier molecular flexibility index (Phi) is 6.28. The van der Waals surface area contributed by atoms with Crippen molar-refractivity contribution in [3.8, 4) is 0 Å². The maximum Gasteiger partial charge on any atom is 0.410 e. The summed E-state index contributed by atoms with van der Waals surface area (Å²) >= 11 is 7.16. The SMILES string of the molecule is CSc1nc2c(F)c(Cl)ncc2c(NC2CCN(C(=O)OC(C)(C)C)CC2)c1N. The van der Waals surface area contributed by atoms with Gasteiger partial charge in [0.05, 0.1) is 11.4 Å². The molecule has 0 radical (unpaired) electrons. The zero-order valence-electron chi connectivity index (χ0n) is 16.9. The van der Waals surface area contributed by atoms with Gasteiger partial charge in [0.1, 0.15) is 16.1 Å². The van der Waals surface area contributed by atoms with Gasteiger partial charge in [-0.1, -0.05) is 11.6 Å². The number of nitrogens with one attached hydrogen (secondary N) is 1. The molecule has 0 spiro atoms. The largest absolute Gasteiger partial charge is 0.444 e. The lowest BCUT2D eigenvalue weighted by atomic mass is 10.0. The molecule has 10 heteroatoms. The fourth-order valence-electron chi connectivity index (χ4n) is 3.21. The van der Waals surface area contributed by atoms with E-state index in [0.717, 1.165) is 0 Å². The number of hydrogen-bond acceptors (Lipinski definition) is 7. The molecule has 158 valence electrons. The van der Waals surface area contributed by atoms with Gasteiger partial charge < -0.3 is 20.7 Å². The molecule has 0 aliphatic carbocycles. The molecule has 3 N–H and O–H groups in total. The molecule has 3 rings (SSSR count). The highest BCUT2D eigenvalue weighted by Crippen LogP contribution is 2.37. The van der Waals surface area contributed by atoms with Gasteiger partial charge in [-0.2, -0.15) is 0 Å². The van der Waals surface area contributed by atoms with Crippen LogP contribution in [0.15, 0.2) is 11.2 Å². The van der Waals surface area contributed by atoms with E-state index in [1.54, 1.807) is 4.90 Å². The van der Waals surface area contributed by atoms with E-state index in [2.05, 4.69) is 15.3 Å². The lowest BCUT2D eigenvalue weighted by Gasteiger charge is -2.34. The summed E-state index contributed by atoms with van der Waals surface area (Å²) in [5.74, 6) is -0.665. The minimum Gasteiger partial charge on any atom is -0.444 e. The lowest BCUT2D eigenvalue weighted by Crippen LogP contribution is -2.44. The van der Waals surface area contributed by atoms with Crippen LogP contribution in [0.3, 0.4) is 0 Å². The Balaban J connectivity index is 1.80. The number of carbonyl (C=O) groups excluding carboxylic acids is 1. The zero-order chi connectivity index (χ0) is 21.3. The topological polar surface area (TPSA) is 93.4 Å². The number of nitrogens with zero attached hydrogens (tertiary/aromatic N) is 3. The van der Waals surface area contributed by atoms with E-state index in [-0.39, 0.29) is 22.8 Å². The Morgan fingerprint density at radius 2 is 2.07 bits per heavy atom. The first-order valence-electron chi connectivity index (χ1n) is 9.32. The van der Waals surface area contributed by atoms with Crippen molar-refractivity contribution in [1.82, 2.24) is 14.9 Å². The van der Waals surface area contributed by atoms with E-state index in [9.17, 15) is 9.18 Å². The second-order valence-corrected chi connectivity index (χ2v) is 9.07. The van der Waals surface area contributed by atoms with Crippen LogP contribution in [0, 0.1) is 5.82 Å².